The summed E-state index contributed by atoms with van der Waals surface area (Å²) in [5.41, 5.74) is 3.17. The van der Waals surface area contributed by atoms with Crippen LogP contribution in [0.15, 0.2) is 42.6 Å². The van der Waals surface area contributed by atoms with Crippen LogP contribution < -0.4 is 5.32 Å². The van der Waals surface area contributed by atoms with Crippen molar-refractivity contribution in [1.29, 1.82) is 0 Å². The quantitative estimate of drug-likeness (QED) is 0.613. The average molecular weight is 425 g/mol. The van der Waals surface area contributed by atoms with E-state index in [-0.39, 0.29) is 11.9 Å². The molecule has 4 rings (SSSR count). The van der Waals surface area contributed by atoms with Gasteiger partial charge in [0.2, 0.25) is 0 Å². The van der Waals surface area contributed by atoms with Gasteiger partial charge in [0, 0.05) is 37.8 Å². The molecule has 1 aromatic carbocycles. The lowest BCUT2D eigenvalue weighted by Gasteiger charge is -2.27. The normalized spacial score (nSPS) is 13.7. The highest BCUT2D eigenvalue weighted by molar-refractivity contribution is 7.17. The van der Waals surface area contributed by atoms with Crippen molar-refractivity contribution in [2.45, 2.75) is 26.4 Å². The third kappa shape index (κ3) is 4.15. The molecule has 0 radical (unpaired) electrons. The molecule has 2 aromatic heterocycles. The van der Waals surface area contributed by atoms with E-state index >= 15 is 0 Å². The summed E-state index contributed by atoms with van der Waals surface area (Å²) in [6.07, 6.45) is 2.32. The number of nitrogens with zero attached hydrogens (tertiary/aromatic N) is 3. The fourth-order valence-corrected chi connectivity index (χ4v) is 4.98. The molecular weight excluding hydrogens is 400 g/mol. The summed E-state index contributed by atoms with van der Waals surface area (Å²) in [7, 11) is 1.71. The number of benzene rings is 1. The summed E-state index contributed by atoms with van der Waals surface area (Å²) < 4.78 is 6.81. The van der Waals surface area contributed by atoms with Crippen LogP contribution in [0.5, 0.6) is 0 Å². The van der Waals surface area contributed by atoms with E-state index in [9.17, 15) is 9.59 Å². The van der Waals surface area contributed by atoms with Crippen molar-refractivity contribution in [2.75, 3.05) is 18.5 Å². The Hall–Kier alpha value is -2.97. The Morgan fingerprint density at radius 2 is 2.03 bits per heavy atom. The molecule has 0 bridgehead atoms. The summed E-state index contributed by atoms with van der Waals surface area (Å²) >= 11 is 1.46. The molecule has 1 N–H and O–H groups in total. The Morgan fingerprint density at radius 3 is 2.73 bits per heavy atom. The van der Waals surface area contributed by atoms with Gasteiger partial charge >= 0.3 is 5.97 Å². The van der Waals surface area contributed by atoms with Crippen LogP contribution in [0.4, 0.5) is 5.00 Å². The van der Waals surface area contributed by atoms with Crippen LogP contribution in [-0.4, -0.2) is 39.7 Å². The van der Waals surface area contributed by atoms with Crippen molar-refractivity contribution in [2.24, 2.45) is 7.05 Å². The number of rotatable bonds is 6. The SMILES string of the molecule is CCOC(=O)c1c(NC(=O)c2ccnn2C)sc2c1CCN(Cc1ccccc1)C2. The molecule has 0 spiro atoms. The highest BCUT2D eigenvalue weighted by Crippen LogP contribution is 2.38. The van der Waals surface area contributed by atoms with E-state index < -0.39 is 0 Å². The van der Waals surface area contributed by atoms with Crippen molar-refractivity contribution in [3.05, 3.63) is 69.9 Å². The van der Waals surface area contributed by atoms with Crippen LogP contribution in [0, 0.1) is 0 Å². The number of carbonyl (C=O) groups is 2. The standard InChI is InChI=1S/C22H24N4O3S/c1-3-29-22(28)19-16-10-12-26(13-15-7-5-4-6-8-15)14-18(16)30-21(19)24-20(27)17-9-11-23-25(17)2/h4-9,11H,3,10,12-14H2,1-2H3,(H,24,27). The second-order valence-electron chi connectivity index (χ2n) is 7.17. The lowest BCUT2D eigenvalue weighted by molar-refractivity contribution is 0.0526. The van der Waals surface area contributed by atoms with Crippen molar-refractivity contribution in [1.82, 2.24) is 14.7 Å². The zero-order valence-electron chi connectivity index (χ0n) is 17.1. The average Bonchev–Trinajstić information content (AvgIpc) is 3.31. The van der Waals surface area contributed by atoms with E-state index in [1.165, 1.54) is 21.6 Å². The smallest absolute Gasteiger partial charge is 0.341 e. The van der Waals surface area contributed by atoms with E-state index in [1.807, 2.05) is 18.2 Å². The third-order valence-electron chi connectivity index (χ3n) is 5.15. The lowest BCUT2D eigenvalue weighted by atomic mass is 10.0. The van der Waals surface area contributed by atoms with Crippen molar-refractivity contribution >= 4 is 28.2 Å². The van der Waals surface area contributed by atoms with Gasteiger partial charge in [-0.1, -0.05) is 30.3 Å². The summed E-state index contributed by atoms with van der Waals surface area (Å²) in [6.45, 7) is 4.51. The number of fused-ring (bicyclic) bond motifs is 1. The minimum Gasteiger partial charge on any atom is -0.462 e. The van der Waals surface area contributed by atoms with Crippen LogP contribution in [0.3, 0.4) is 0 Å². The molecule has 8 heteroatoms. The number of aryl methyl sites for hydroxylation is 1. The number of thiophene rings is 1. The van der Waals surface area contributed by atoms with Crippen molar-refractivity contribution in [3.8, 4) is 0 Å². The van der Waals surface area contributed by atoms with Crippen LogP contribution in [0.25, 0.3) is 0 Å². The molecule has 0 unspecified atom stereocenters. The zero-order valence-corrected chi connectivity index (χ0v) is 17.9. The first-order chi connectivity index (χ1) is 14.6. The Kier molecular flexibility index (Phi) is 5.96. The fourth-order valence-electron chi connectivity index (χ4n) is 3.70. The predicted molar refractivity (Wildman–Crippen MR) is 116 cm³/mol. The van der Waals surface area contributed by atoms with Crippen LogP contribution >= 0.6 is 11.3 Å². The molecule has 0 aliphatic carbocycles. The van der Waals surface area contributed by atoms with Gasteiger partial charge in [0.15, 0.2) is 0 Å². The highest BCUT2D eigenvalue weighted by Gasteiger charge is 2.30. The van der Waals surface area contributed by atoms with Gasteiger partial charge in [0.1, 0.15) is 10.7 Å². The molecule has 0 atom stereocenters. The van der Waals surface area contributed by atoms with E-state index in [0.717, 1.165) is 36.5 Å². The van der Waals surface area contributed by atoms with Crippen LogP contribution in [-0.2, 0) is 31.3 Å². The Morgan fingerprint density at radius 1 is 1.23 bits per heavy atom. The first-order valence-corrected chi connectivity index (χ1v) is 10.8. The molecule has 30 heavy (non-hydrogen) atoms. The second-order valence-corrected chi connectivity index (χ2v) is 8.27. The largest absolute Gasteiger partial charge is 0.462 e. The number of hydrogen-bond acceptors (Lipinski definition) is 6. The van der Waals surface area contributed by atoms with Gasteiger partial charge in [-0.15, -0.1) is 11.3 Å². The maximum Gasteiger partial charge on any atom is 0.341 e. The van der Waals surface area contributed by atoms with Gasteiger partial charge in [0.05, 0.1) is 12.2 Å². The minimum absolute atomic E-state index is 0.290. The molecule has 1 amide bonds. The maximum absolute atomic E-state index is 12.7. The molecular formula is C22H24N4O3S. The van der Waals surface area contributed by atoms with Gasteiger partial charge in [-0.25, -0.2) is 4.79 Å². The number of amides is 1. The first kappa shape index (κ1) is 20.3. The lowest BCUT2D eigenvalue weighted by Crippen LogP contribution is -2.30. The zero-order chi connectivity index (χ0) is 21.1. The van der Waals surface area contributed by atoms with Crippen molar-refractivity contribution < 1.29 is 14.3 Å². The molecule has 0 fully saturated rings. The Bertz CT molecular complexity index is 1060. The number of hydrogen-bond donors (Lipinski definition) is 1. The summed E-state index contributed by atoms with van der Waals surface area (Å²) in [4.78, 5) is 28.9. The second kappa shape index (κ2) is 8.81. The van der Waals surface area contributed by atoms with E-state index in [4.69, 9.17) is 4.74 Å². The van der Waals surface area contributed by atoms with Crippen molar-refractivity contribution in [3.63, 3.8) is 0 Å². The molecule has 1 aliphatic rings. The van der Waals surface area contributed by atoms with Gasteiger partial charge in [0.25, 0.3) is 5.91 Å². The summed E-state index contributed by atoms with van der Waals surface area (Å²) in [6, 6.07) is 12.0. The first-order valence-electron chi connectivity index (χ1n) is 9.94. The predicted octanol–water partition coefficient (Wildman–Crippen LogP) is 3.47. The number of carbonyl (C=O) groups excluding carboxylic acids is 2. The Balaban J connectivity index is 1.60. The van der Waals surface area contributed by atoms with Gasteiger partial charge < -0.3 is 10.1 Å². The number of ether oxygens (including phenoxy) is 1. The van der Waals surface area contributed by atoms with E-state index in [0.29, 0.717) is 22.9 Å². The topological polar surface area (TPSA) is 76.5 Å². The van der Waals surface area contributed by atoms with Crippen LogP contribution in [0.2, 0.25) is 0 Å². The summed E-state index contributed by atoms with van der Waals surface area (Å²) in [5, 5.41) is 7.50. The number of anilines is 1. The number of esters is 1. The Labute approximate surface area is 179 Å². The van der Waals surface area contributed by atoms with Crippen LogP contribution in [0.1, 0.15) is 43.8 Å². The highest BCUT2D eigenvalue weighted by atomic mass is 32.1. The van der Waals surface area contributed by atoms with Gasteiger partial charge in [-0.3, -0.25) is 14.4 Å². The molecule has 7 nitrogen and oxygen atoms in total. The van der Waals surface area contributed by atoms with Gasteiger partial charge in [-0.05, 0) is 30.5 Å². The monoisotopic (exact) mass is 424 g/mol. The third-order valence-corrected chi connectivity index (χ3v) is 6.28. The van der Waals surface area contributed by atoms with E-state index in [1.54, 1.807) is 26.2 Å². The molecule has 0 saturated heterocycles. The number of aromatic nitrogens is 2. The fraction of sp³-hybridized carbons (Fsp3) is 0.318. The molecule has 3 aromatic rings. The molecule has 156 valence electrons. The summed E-state index contributed by atoms with van der Waals surface area (Å²) in [5.74, 6) is -0.674. The molecule has 0 saturated carbocycles. The van der Waals surface area contributed by atoms with Gasteiger partial charge in [-0.2, -0.15) is 5.10 Å². The van der Waals surface area contributed by atoms with E-state index in [2.05, 4.69) is 27.4 Å². The number of nitrogens with one attached hydrogen (secondary N) is 1. The maximum atomic E-state index is 12.7. The molecule has 1 aliphatic heterocycles. The minimum atomic E-state index is -0.383. The molecule has 3 heterocycles.